The SMILES string of the molecule is O=C(CCCCCCCCC(=O)[C@@H]1CCCCC1=O)[C@H]1CCCCC1=O. The van der Waals surface area contributed by atoms with Gasteiger partial charge in [0.25, 0.3) is 0 Å². The topological polar surface area (TPSA) is 68.3 Å². The summed E-state index contributed by atoms with van der Waals surface area (Å²) in [5.74, 6) is -0.00542. The second-order valence-corrected chi connectivity index (χ2v) is 8.08. The lowest BCUT2D eigenvalue weighted by molar-refractivity contribution is -0.136. The molecule has 2 saturated carbocycles. The minimum absolute atomic E-state index is 0.150. The highest BCUT2D eigenvalue weighted by atomic mass is 16.2. The van der Waals surface area contributed by atoms with E-state index in [0.717, 1.165) is 77.0 Å². The van der Waals surface area contributed by atoms with Crippen molar-refractivity contribution in [1.82, 2.24) is 0 Å². The number of hydrogen-bond donors (Lipinski definition) is 0. The van der Waals surface area contributed by atoms with Gasteiger partial charge in [0.2, 0.25) is 0 Å². The third kappa shape index (κ3) is 6.77. The van der Waals surface area contributed by atoms with Gasteiger partial charge in [-0.25, -0.2) is 0 Å². The summed E-state index contributed by atoms with van der Waals surface area (Å²) in [6.45, 7) is 0. The number of rotatable bonds is 11. The van der Waals surface area contributed by atoms with Gasteiger partial charge in [-0.05, 0) is 38.5 Å². The fraction of sp³-hybridized carbons (Fsp3) is 0.818. The van der Waals surface area contributed by atoms with E-state index in [2.05, 4.69) is 0 Å². The quantitative estimate of drug-likeness (QED) is 0.392. The first-order valence-corrected chi connectivity index (χ1v) is 10.7. The Balaban J connectivity index is 1.46. The number of Topliss-reactive ketones (excluding diaryl/α,β-unsaturated/α-hetero) is 4. The van der Waals surface area contributed by atoms with E-state index in [1.54, 1.807) is 0 Å². The molecule has 0 heterocycles. The van der Waals surface area contributed by atoms with Crippen molar-refractivity contribution in [2.45, 2.75) is 103 Å². The molecule has 4 heteroatoms. The molecule has 0 N–H and O–H groups in total. The van der Waals surface area contributed by atoms with E-state index in [9.17, 15) is 19.2 Å². The molecule has 0 aromatic heterocycles. The lowest BCUT2D eigenvalue weighted by atomic mass is 9.83. The molecule has 146 valence electrons. The summed E-state index contributed by atoms with van der Waals surface area (Å²) in [4.78, 5) is 47.7. The van der Waals surface area contributed by atoms with Crippen molar-refractivity contribution in [2.75, 3.05) is 0 Å². The molecule has 2 rings (SSSR count). The van der Waals surface area contributed by atoms with Gasteiger partial charge in [-0.15, -0.1) is 0 Å². The molecule has 0 saturated heterocycles. The van der Waals surface area contributed by atoms with Crippen LogP contribution in [0.1, 0.15) is 103 Å². The Labute approximate surface area is 157 Å². The zero-order valence-electron chi connectivity index (χ0n) is 16.1. The van der Waals surface area contributed by atoms with Gasteiger partial charge in [0.15, 0.2) is 0 Å². The second-order valence-electron chi connectivity index (χ2n) is 8.08. The van der Waals surface area contributed by atoms with Gasteiger partial charge in [-0.2, -0.15) is 0 Å². The molecule has 2 aliphatic rings. The van der Waals surface area contributed by atoms with Crippen molar-refractivity contribution < 1.29 is 19.2 Å². The number of unbranched alkanes of at least 4 members (excludes halogenated alkanes) is 5. The van der Waals surface area contributed by atoms with Gasteiger partial charge < -0.3 is 0 Å². The van der Waals surface area contributed by atoms with Crippen molar-refractivity contribution in [3.8, 4) is 0 Å². The number of hydrogen-bond acceptors (Lipinski definition) is 4. The largest absolute Gasteiger partial charge is 0.299 e. The minimum Gasteiger partial charge on any atom is -0.299 e. The van der Waals surface area contributed by atoms with Gasteiger partial charge in [0, 0.05) is 25.7 Å². The van der Waals surface area contributed by atoms with Crippen LogP contribution in [0.5, 0.6) is 0 Å². The molecule has 26 heavy (non-hydrogen) atoms. The van der Waals surface area contributed by atoms with Crippen LogP contribution in [-0.4, -0.2) is 23.1 Å². The highest BCUT2D eigenvalue weighted by Crippen LogP contribution is 2.24. The van der Waals surface area contributed by atoms with E-state index >= 15 is 0 Å². The standard InChI is InChI=1S/C22H34O4/c23-19(17-11-7-9-15-21(17)25)13-5-3-1-2-4-6-14-20(24)18-12-8-10-16-22(18)26/h17-18H,1-16H2/t17-,18+. The Hall–Kier alpha value is -1.32. The normalized spacial score (nSPS) is 23.8. The van der Waals surface area contributed by atoms with Crippen LogP contribution in [0, 0.1) is 11.8 Å². The predicted molar refractivity (Wildman–Crippen MR) is 101 cm³/mol. The Kier molecular flexibility index (Phi) is 9.21. The molecule has 0 amide bonds. The Morgan fingerprint density at radius 3 is 1.38 bits per heavy atom. The average molecular weight is 363 g/mol. The molecule has 0 aliphatic heterocycles. The molecule has 0 aromatic rings. The third-order valence-electron chi connectivity index (χ3n) is 5.98. The molecule has 0 unspecified atom stereocenters. The first kappa shape index (κ1) is 21.0. The van der Waals surface area contributed by atoms with Crippen LogP contribution < -0.4 is 0 Å². The first-order valence-electron chi connectivity index (χ1n) is 10.7. The Morgan fingerprint density at radius 1 is 0.615 bits per heavy atom. The number of carbonyl (C=O) groups excluding carboxylic acids is 4. The van der Waals surface area contributed by atoms with Crippen molar-refractivity contribution >= 4 is 23.1 Å². The van der Waals surface area contributed by atoms with Crippen molar-refractivity contribution in [2.24, 2.45) is 11.8 Å². The number of ketones is 4. The summed E-state index contributed by atoms with van der Waals surface area (Å²) in [7, 11) is 0. The van der Waals surface area contributed by atoms with Crippen molar-refractivity contribution in [1.29, 1.82) is 0 Å². The van der Waals surface area contributed by atoms with E-state index in [4.69, 9.17) is 0 Å². The summed E-state index contributed by atoms with van der Waals surface area (Å²) < 4.78 is 0. The zero-order chi connectivity index (χ0) is 18.8. The predicted octanol–water partition coefficient (Wildman–Crippen LogP) is 4.76. The summed E-state index contributed by atoms with van der Waals surface area (Å²) >= 11 is 0. The fourth-order valence-electron chi connectivity index (χ4n) is 4.30. The van der Waals surface area contributed by atoms with Gasteiger partial charge in [0.1, 0.15) is 23.1 Å². The van der Waals surface area contributed by atoms with Gasteiger partial charge in [-0.1, -0.05) is 38.5 Å². The average Bonchev–Trinajstić information content (AvgIpc) is 2.64. The molecule has 0 aromatic carbocycles. The second kappa shape index (κ2) is 11.4. The Bertz CT molecular complexity index is 462. The van der Waals surface area contributed by atoms with E-state index in [0.29, 0.717) is 25.7 Å². The van der Waals surface area contributed by atoms with Gasteiger partial charge >= 0.3 is 0 Å². The summed E-state index contributed by atoms with van der Waals surface area (Å²) in [5.41, 5.74) is 0. The highest BCUT2D eigenvalue weighted by Gasteiger charge is 2.28. The third-order valence-corrected chi connectivity index (χ3v) is 5.98. The lowest BCUT2D eigenvalue weighted by Crippen LogP contribution is -2.27. The van der Waals surface area contributed by atoms with Gasteiger partial charge in [-0.3, -0.25) is 19.2 Å². The Morgan fingerprint density at radius 2 is 1.00 bits per heavy atom. The monoisotopic (exact) mass is 362 g/mol. The summed E-state index contributed by atoms with van der Waals surface area (Å²) in [5, 5.41) is 0. The summed E-state index contributed by atoms with van der Waals surface area (Å²) in [6.07, 6.45) is 13.6. The van der Waals surface area contributed by atoms with Crippen LogP contribution in [0.15, 0.2) is 0 Å². The summed E-state index contributed by atoms with van der Waals surface area (Å²) in [6, 6.07) is 0. The van der Waals surface area contributed by atoms with Crippen LogP contribution in [-0.2, 0) is 19.2 Å². The molecule has 2 atom stereocenters. The maximum atomic E-state index is 12.1. The fourth-order valence-corrected chi connectivity index (χ4v) is 4.30. The van der Waals surface area contributed by atoms with Crippen molar-refractivity contribution in [3.63, 3.8) is 0 Å². The minimum atomic E-state index is -0.308. The smallest absolute Gasteiger partial charge is 0.143 e. The van der Waals surface area contributed by atoms with Crippen LogP contribution in [0.25, 0.3) is 0 Å². The molecule has 2 aliphatic carbocycles. The van der Waals surface area contributed by atoms with Crippen LogP contribution in [0.2, 0.25) is 0 Å². The van der Waals surface area contributed by atoms with E-state index < -0.39 is 0 Å². The molecule has 0 radical (unpaired) electrons. The lowest BCUT2D eigenvalue weighted by Gasteiger charge is -2.19. The van der Waals surface area contributed by atoms with Crippen molar-refractivity contribution in [3.05, 3.63) is 0 Å². The molecule has 0 spiro atoms. The molecule has 0 bridgehead atoms. The maximum Gasteiger partial charge on any atom is 0.143 e. The zero-order valence-corrected chi connectivity index (χ0v) is 16.1. The van der Waals surface area contributed by atoms with Crippen LogP contribution >= 0.6 is 0 Å². The molecule has 2 fully saturated rings. The molecule has 4 nitrogen and oxygen atoms in total. The maximum absolute atomic E-state index is 12.1. The molecular formula is C22H34O4. The van der Waals surface area contributed by atoms with E-state index in [1.165, 1.54) is 0 Å². The first-order chi connectivity index (χ1) is 12.6. The number of carbonyl (C=O) groups is 4. The van der Waals surface area contributed by atoms with Gasteiger partial charge in [0.05, 0.1) is 11.8 Å². The highest BCUT2D eigenvalue weighted by molar-refractivity contribution is 6.03. The van der Waals surface area contributed by atoms with E-state index in [1.807, 2.05) is 0 Å². The van der Waals surface area contributed by atoms with E-state index in [-0.39, 0.29) is 35.0 Å². The van der Waals surface area contributed by atoms with Crippen LogP contribution in [0.4, 0.5) is 0 Å². The molecular weight excluding hydrogens is 328 g/mol. The van der Waals surface area contributed by atoms with Crippen LogP contribution in [0.3, 0.4) is 0 Å².